The van der Waals surface area contributed by atoms with Crippen molar-refractivity contribution in [1.82, 2.24) is 0 Å². The molecule has 0 aliphatic rings. The summed E-state index contributed by atoms with van der Waals surface area (Å²) >= 11 is 0. The Balaban J connectivity index is 0.00000225. The SMILES string of the molecule is C.N/C(=C\N(N)c1ccccc1)C(F)(F)F. The third-order valence-corrected chi connectivity index (χ3v) is 1.66. The Morgan fingerprint density at radius 2 is 1.69 bits per heavy atom. The standard InChI is InChI=1S/C9H10F3N3.CH4/c10-9(11,12)8(13)6-15(14)7-4-2-1-3-5-7;/h1-6H,13-14H2;1H4/b8-6-;. The highest BCUT2D eigenvalue weighted by Crippen LogP contribution is 2.22. The Kier molecular flexibility index (Phi) is 4.84. The van der Waals surface area contributed by atoms with Crippen molar-refractivity contribution in [2.45, 2.75) is 13.6 Å². The van der Waals surface area contributed by atoms with Crippen molar-refractivity contribution < 1.29 is 13.2 Å². The van der Waals surface area contributed by atoms with Crippen LogP contribution in [0.2, 0.25) is 0 Å². The predicted octanol–water partition coefficient (Wildman–Crippen LogP) is 2.37. The molecule has 0 atom stereocenters. The highest BCUT2D eigenvalue weighted by molar-refractivity contribution is 5.47. The van der Waals surface area contributed by atoms with Crippen LogP contribution in [-0.4, -0.2) is 6.18 Å². The van der Waals surface area contributed by atoms with Gasteiger partial charge in [-0.05, 0) is 12.1 Å². The molecule has 4 N–H and O–H groups in total. The van der Waals surface area contributed by atoms with Gasteiger partial charge >= 0.3 is 6.18 Å². The smallest absolute Gasteiger partial charge is 0.393 e. The van der Waals surface area contributed by atoms with Gasteiger partial charge in [-0.3, -0.25) is 5.01 Å². The Hall–Kier alpha value is -1.69. The molecule has 0 radical (unpaired) electrons. The van der Waals surface area contributed by atoms with Crippen LogP contribution in [0.3, 0.4) is 0 Å². The Morgan fingerprint density at radius 3 is 2.12 bits per heavy atom. The van der Waals surface area contributed by atoms with Crippen LogP contribution >= 0.6 is 0 Å². The van der Waals surface area contributed by atoms with E-state index in [0.29, 0.717) is 11.9 Å². The van der Waals surface area contributed by atoms with Gasteiger partial charge in [0.2, 0.25) is 0 Å². The van der Waals surface area contributed by atoms with Gasteiger partial charge in [-0.25, -0.2) is 5.84 Å². The molecule has 90 valence electrons. The number of rotatable bonds is 2. The molecule has 1 aromatic rings. The summed E-state index contributed by atoms with van der Waals surface area (Å²) in [5, 5.41) is 0.822. The second-order valence-corrected chi connectivity index (χ2v) is 2.83. The number of halogens is 3. The molecule has 3 nitrogen and oxygen atoms in total. The first-order chi connectivity index (χ1) is 6.91. The van der Waals surface area contributed by atoms with Crippen LogP contribution in [0.5, 0.6) is 0 Å². The summed E-state index contributed by atoms with van der Waals surface area (Å²) in [6, 6.07) is 8.19. The van der Waals surface area contributed by atoms with E-state index in [9.17, 15) is 13.2 Å². The van der Waals surface area contributed by atoms with Crippen LogP contribution in [0.1, 0.15) is 7.43 Å². The maximum atomic E-state index is 12.0. The van der Waals surface area contributed by atoms with Crippen LogP contribution in [0, 0.1) is 0 Å². The van der Waals surface area contributed by atoms with E-state index < -0.39 is 11.9 Å². The number of para-hydroxylation sites is 1. The maximum Gasteiger partial charge on any atom is 0.432 e. The fourth-order valence-electron chi connectivity index (χ4n) is 0.898. The Labute approximate surface area is 92.1 Å². The minimum atomic E-state index is -4.56. The maximum absolute atomic E-state index is 12.0. The molecule has 1 rings (SSSR count). The Morgan fingerprint density at radius 1 is 1.19 bits per heavy atom. The molecule has 6 heteroatoms. The quantitative estimate of drug-likeness (QED) is 0.609. The zero-order valence-electron chi connectivity index (χ0n) is 7.70. The van der Waals surface area contributed by atoms with Crippen molar-refractivity contribution in [3.8, 4) is 0 Å². The van der Waals surface area contributed by atoms with Gasteiger partial charge in [0, 0.05) is 6.20 Å². The molecule has 0 amide bonds. The average molecular weight is 233 g/mol. The van der Waals surface area contributed by atoms with Gasteiger partial charge in [-0.1, -0.05) is 25.6 Å². The summed E-state index contributed by atoms with van der Waals surface area (Å²) in [5.41, 5.74) is 3.98. The van der Waals surface area contributed by atoms with E-state index >= 15 is 0 Å². The monoisotopic (exact) mass is 233 g/mol. The predicted molar refractivity (Wildman–Crippen MR) is 58.2 cm³/mol. The molecule has 0 aliphatic carbocycles. The number of allylic oxidation sites excluding steroid dienone is 1. The third kappa shape index (κ3) is 3.82. The summed E-state index contributed by atoms with van der Waals surface area (Å²) in [5.74, 6) is 5.37. The first-order valence-corrected chi connectivity index (χ1v) is 4.04. The highest BCUT2D eigenvalue weighted by atomic mass is 19.4. The van der Waals surface area contributed by atoms with Gasteiger partial charge in [-0.2, -0.15) is 13.2 Å². The molecular formula is C10H14F3N3. The molecule has 0 heterocycles. The molecule has 0 unspecified atom stereocenters. The van der Waals surface area contributed by atoms with Crippen LogP contribution in [-0.2, 0) is 0 Å². The summed E-state index contributed by atoms with van der Waals surface area (Å²) in [6.45, 7) is 0. The van der Waals surface area contributed by atoms with Gasteiger partial charge in [-0.15, -0.1) is 0 Å². The van der Waals surface area contributed by atoms with E-state index in [4.69, 9.17) is 11.6 Å². The molecular weight excluding hydrogens is 219 g/mol. The molecule has 0 saturated carbocycles. The van der Waals surface area contributed by atoms with E-state index in [0.717, 1.165) is 5.01 Å². The number of hydrogen-bond acceptors (Lipinski definition) is 3. The lowest BCUT2D eigenvalue weighted by atomic mass is 10.3. The van der Waals surface area contributed by atoms with Crippen LogP contribution in [0.15, 0.2) is 42.2 Å². The van der Waals surface area contributed by atoms with Gasteiger partial charge in [0.1, 0.15) is 5.70 Å². The Bertz CT molecular complexity index is 346. The van der Waals surface area contributed by atoms with Crippen molar-refractivity contribution >= 4 is 5.69 Å². The van der Waals surface area contributed by atoms with E-state index in [1.165, 1.54) is 0 Å². The number of hydrazine groups is 1. The first kappa shape index (κ1) is 14.3. The fourth-order valence-corrected chi connectivity index (χ4v) is 0.898. The van der Waals surface area contributed by atoms with Crippen molar-refractivity contribution in [2.24, 2.45) is 11.6 Å². The van der Waals surface area contributed by atoms with Crippen molar-refractivity contribution in [3.63, 3.8) is 0 Å². The molecule has 1 aromatic carbocycles. The molecule has 0 spiro atoms. The van der Waals surface area contributed by atoms with Crippen LogP contribution in [0.25, 0.3) is 0 Å². The largest absolute Gasteiger partial charge is 0.432 e. The molecule has 16 heavy (non-hydrogen) atoms. The second-order valence-electron chi connectivity index (χ2n) is 2.83. The number of anilines is 1. The minimum absolute atomic E-state index is 0. The van der Waals surface area contributed by atoms with E-state index in [2.05, 4.69) is 0 Å². The van der Waals surface area contributed by atoms with E-state index in [1.807, 2.05) is 0 Å². The van der Waals surface area contributed by atoms with Crippen LogP contribution < -0.4 is 16.6 Å². The number of nitrogens with two attached hydrogens (primary N) is 2. The average Bonchev–Trinajstić information content (AvgIpc) is 2.17. The minimum Gasteiger partial charge on any atom is -0.393 e. The van der Waals surface area contributed by atoms with E-state index in [-0.39, 0.29) is 7.43 Å². The number of nitrogens with zero attached hydrogens (tertiary/aromatic N) is 1. The summed E-state index contributed by atoms with van der Waals surface area (Å²) in [6.07, 6.45) is -3.93. The lowest BCUT2D eigenvalue weighted by Crippen LogP contribution is -2.29. The molecule has 0 aliphatic heterocycles. The zero-order valence-corrected chi connectivity index (χ0v) is 7.70. The van der Waals surface area contributed by atoms with Gasteiger partial charge in [0.25, 0.3) is 0 Å². The third-order valence-electron chi connectivity index (χ3n) is 1.66. The van der Waals surface area contributed by atoms with Gasteiger partial charge < -0.3 is 5.73 Å². The lowest BCUT2D eigenvalue weighted by Gasteiger charge is -2.15. The zero-order chi connectivity index (χ0) is 11.5. The van der Waals surface area contributed by atoms with Crippen LogP contribution in [0.4, 0.5) is 18.9 Å². The number of hydrogen-bond donors (Lipinski definition) is 2. The second kappa shape index (κ2) is 5.41. The van der Waals surface area contributed by atoms with Crippen molar-refractivity contribution in [1.29, 1.82) is 0 Å². The highest BCUT2D eigenvalue weighted by Gasteiger charge is 2.31. The first-order valence-electron chi connectivity index (χ1n) is 4.04. The summed E-state index contributed by atoms with van der Waals surface area (Å²) in [4.78, 5) is 0. The molecule has 0 saturated heterocycles. The molecule has 0 bridgehead atoms. The van der Waals surface area contributed by atoms with Gasteiger partial charge in [0.05, 0.1) is 5.69 Å². The topological polar surface area (TPSA) is 55.3 Å². The number of benzene rings is 1. The summed E-state index contributed by atoms with van der Waals surface area (Å²) in [7, 11) is 0. The lowest BCUT2D eigenvalue weighted by molar-refractivity contribution is -0.0928. The normalized spacial score (nSPS) is 11.9. The molecule has 0 aromatic heterocycles. The van der Waals surface area contributed by atoms with Crippen molar-refractivity contribution in [2.75, 3.05) is 5.01 Å². The summed E-state index contributed by atoms with van der Waals surface area (Å²) < 4.78 is 36.1. The van der Waals surface area contributed by atoms with Crippen molar-refractivity contribution in [3.05, 3.63) is 42.2 Å². The molecule has 0 fully saturated rings. The fraction of sp³-hybridized carbons (Fsp3) is 0.200. The number of alkyl halides is 3. The van der Waals surface area contributed by atoms with Gasteiger partial charge in [0.15, 0.2) is 0 Å². The van der Waals surface area contributed by atoms with E-state index in [1.54, 1.807) is 30.3 Å².